The lowest BCUT2D eigenvalue weighted by Gasteiger charge is -2.41. The molecule has 1 aliphatic heterocycles. The van der Waals surface area contributed by atoms with Gasteiger partial charge in [-0.2, -0.15) is 0 Å². The van der Waals surface area contributed by atoms with Gasteiger partial charge in [-0.15, -0.1) is 0 Å². The van der Waals surface area contributed by atoms with Crippen molar-refractivity contribution in [1.29, 1.82) is 0 Å². The maximum Gasteiger partial charge on any atom is 0.0280 e. The molecule has 2 fully saturated rings. The van der Waals surface area contributed by atoms with Crippen LogP contribution in [0.2, 0.25) is 0 Å². The second-order valence-electron chi connectivity index (χ2n) is 5.95. The topological polar surface area (TPSA) is 15.3 Å². The summed E-state index contributed by atoms with van der Waals surface area (Å²) >= 11 is 0. The minimum atomic E-state index is 0.386. The highest BCUT2D eigenvalue weighted by Crippen LogP contribution is 2.27. The van der Waals surface area contributed by atoms with Crippen molar-refractivity contribution in [3.8, 4) is 0 Å². The average Bonchev–Trinajstić information content (AvgIpc) is 2.80. The van der Waals surface area contributed by atoms with Gasteiger partial charge in [0.2, 0.25) is 0 Å². The van der Waals surface area contributed by atoms with Crippen molar-refractivity contribution >= 4 is 0 Å². The SMILES string of the molecule is CCN(CC1(C)CCCCN1)C1CCCC1. The fourth-order valence-corrected chi connectivity index (χ4v) is 3.47. The number of hydrogen-bond donors (Lipinski definition) is 1. The van der Waals surface area contributed by atoms with Crippen LogP contribution in [0.5, 0.6) is 0 Å². The fourth-order valence-electron chi connectivity index (χ4n) is 3.47. The highest BCUT2D eigenvalue weighted by Gasteiger charge is 2.31. The molecule has 0 spiro atoms. The highest BCUT2D eigenvalue weighted by molar-refractivity contribution is 4.91. The van der Waals surface area contributed by atoms with Gasteiger partial charge in [-0.05, 0) is 45.7 Å². The first-order chi connectivity index (χ1) is 7.73. The summed E-state index contributed by atoms with van der Waals surface area (Å²) < 4.78 is 0. The van der Waals surface area contributed by atoms with Gasteiger partial charge in [0.25, 0.3) is 0 Å². The zero-order chi connectivity index (χ0) is 11.4. The van der Waals surface area contributed by atoms with Crippen LogP contribution >= 0.6 is 0 Å². The molecule has 1 aliphatic carbocycles. The maximum atomic E-state index is 3.74. The van der Waals surface area contributed by atoms with Gasteiger partial charge in [0, 0.05) is 18.1 Å². The summed E-state index contributed by atoms with van der Waals surface area (Å²) in [7, 11) is 0. The summed E-state index contributed by atoms with van der Waals surface area (Å²) in [5, 5.41) is 3.74. The van der Waals surface area contributed by atoms with Gasteiger partial charge >= 0.3 is 0 Å². The Kier molecular flexibility index (Phi) is 4.26. The van der Waals surface area contributed by atoms with Gasteiger partial charge in [0.1, 0.15) is 0 Å². The quantitative estimate of drug-likeness (QED) is 0.790. The van der Waals surface area contributed by atoms with Gasteiger partial charge in [-0.25, -0.2) is 0 Å². The first kappa shape index (κ1) is 12.4. The van der Waals surface area contributed by atoms with E-state index in [9.17, 15) is 0 Å². The predicted molar refractivity (Wildman–Crippen MR) is 69.8 cm³/mol. The molecule has 0 aromatic heterocycles. The van der Waals surface area contributed by atoms with Gasteiger partial charge < -0.3 is 5.32 Å². The molecule has 0 aromatic rings. The van der Waals surface area contributed by atoms with E-state index in [-0.39, 0.29) is 0 Å². The van der Waals surface area contributed by atoms with E-state index < -0.39 is 0 Å². The Balaban J connectivity index is 1.89. The first-order valence-electron chi connectivity index (χ1n) is 7.22. The highest BCUT2D eigenvalue weighted by atomic mass is 15.2. The number of nitrogens with one attached hydrogen (secondary N) is 1. The smallest absolute Gasteiger partial charge is 0.0280 e. The van der Waals surface area contributed by atoms with E-state index in [0.717, 1.165) is 6.04 Å². The largest absolute Gasteiger partial charge is 0.310 e. The van der Waals surface area contributed by atoms with Crippen molar-refractivity contribution in [3.05, 3.63) is 0 Å². The lowest BCUT2D eigenvalue weighted by atomic mass is 9.90. The summed E-state index contributed by atoms with van der Waals surface area (Å²) in [5.41, 5.74) is 0.386. The summed E-state index contributed by atoms with van der Waals surface area (Å²) in [6.07, 6.45) is 9.90. The molecule has 1 heterocycles. The third kappa shape index (κ3) is 2.98. The number of likely N-dealkylation sites (N-methyl/N-ethyl adjacent to an activating group) is 1. The molecule has 2 aliphatic rings. The maximum absolute atomic E-state index is 3.74. The van der Waals surface area contributed by atoms with E-state index in [4.69, 9.17) is 0 Å². The Morgan fingerprint density at radius 1 is 1.19 bits per heavy atom. The van der Waals surface area contributed by atoms with Gasteiger partial charge in [-0.3, -0.25) is 4.90 Å². The predicted octanol–water partition coefficient (Wildman–Crippen LogP) is 2.78. The second kappa shape index (κ2) is 5.50. The zero-order valence-electron chi connectivity index (χ0n) is 11.1. The van der Waals surface area contributed by atoms with Crippen molar-refractivity contribution in [3.63, 3.8) is 0 Å². The lowest BCUT2D eigenvalue weighted by molar-refractivity contribution is 0.130. The van der Waals surface area contributed by atoms with Crippen molar-refractivity contribution in [1.82, 2.24) is 10.2 Å². The molecule has 0 bridgehead atoms. The van der Waals surface area contributed by atoms with E-state index in [1.807, 2.05) is 0 Å². The van der Waals surface area contributed by atoms with Crippen LogP contribution in [0, 0.1) is 0 Å². The van der Waals surface area contributed by atoms with E-state index in [2.05, 4.69) is 24.1 Å². The zero-order valence-corrected chi connectivity index (χ0v) is 11.1. The molecule has 16 heavy (non-hydrogen) atoms. The van der Waals surface area contributed by atoms with Crippen molar-refractivity contribution < 1.29 is 0 Å². The fraction of sp³-hybridized carbons (Fsp3) is 1.00. The number of piperidine rings is 1. The van der Waals surface area contributed by atoms with Crippen LogP contribution in [0.15, 0.2) is 0 Å². The van der Waals surface area contributed by atoms with Crippen molar-refractivity contribution in [2.24, 2.45) is 0 Å². The monoisotopic (exact) mass is 224 g/mol. The van der Waals surface area contributed by atoms with Crippen molar-refractivity contribution in [2.45, 2.75) is 70.4 Å². The molecule has 0 radical (unpaired) electrons. The third-order valence-corrected chi connectivity index (χ3v) is 4.51. The van der Waals surface area contributed by atoms with Crippen LogP contribution in [-0.4, -0.2) is 36.1 Å². The molecule has 2 heteroatoms. The Labute approximate surface area is 101 Å². The Morgan fingerprint density at radius 3 is 2.50 bits per heavy atom. The van der Waals surface area contributed by atoms with Crippen molar-refractivity contribution in [2.75, 3.05) is 19.6 Å². The van der Waals surface area contributed by atoms with E-state index in [1.165, 1.54) is 64.6 Å². The third-order valence-electron chi connectivity index (χ3n) is 4.51. The molecule has 0 aromatic carbocycles. The molecule has 1 saturated heterocycles. The number of rotatable bonds is 4. The molecule has 1 N–H and O–H groups in total. The van der Waals surface area contributed by atoms with Gasteiger partial charge in [0.05, 0.1) is 0 Å². The summed E-state index contributed by atoms with van der Waals surface area (Å²) in [4.78, 5) is 2.73. The van der Waals surface area contributed by atoms with E-state index >= 15 is 0 Å². The lowest BCUT2D eigenvalue weighted by Crippen LogP contribution is -2.55. The van der Waals surface area contributed by atoms with Gasteiger partial charge in [0.15, 0.2) is 0 Å². The molecular weight excluding hydrogens is 196 g/mol. The van der Waals surface area contributed by atoms with Gasteiger partial charge in [-0.1, -0.05) is 26.2 Å². The molecule has 2 rings (SSSR count). The van der Waals surface area contributed by atoms with Crippen LogP contribution in [0.25, 0.3) is 0 Å². The molecule has 2 nitrogen and oxygen atoms in total. The number of hydrogen-bond acceptors (Lipinski definition) is 2. The van der Waals surface area contributed by atoms with E-state index in [0.29, 0.717) is 5.54 Å². The molecule has 1 unspecified atom stereocenters. The van der Waals surface area contributed by atoms with Crippen LogP contribution in [-0.2, 0) is 0 Å². The minimum Gasteiger partial charge on any atom is -0.310 e. The van der Waals surface area contributed by atoms with E-state index in [1.54, 1.807) is 0 Å². The van der Waals surface area contributed by atoms with Crippen LogP contribution in [0.4, 0.5) is 0 Å². The molecule has 94 valence electrons. The van der Waals surface area contributed by atoms with Crippen LogP contribution in [0.1, 0.15) is 58.8 Å². The molecule has 1 atom stereocenters. The Morgan fingerprint density at radius 2 is 1.94 bits per heavy atom. The molecule has 0 amide bonds. The van der Waals surface area contributed by atoms with Crippen LogP contribution < -0.4 is 5.32 Å². The first-order valence-corrected chi connectivity index (χ1v) is 7.22. The Bertz CT molecular complexity index is 203. The normalized spacial score (nSPS) is 32.4. The number of nitrogens with zero attached hydrogens (tertiary/aromatic N) is 1. The average molecular weight is 224 g/mol. The second-order valence-corrected chi connectivity index (χ2v) is 5.95. The summed E-state index contributed by atoms with van der Waals surface area (Å²) in [6, 6.07) is 0.880. The molecule has 1 saturated carbocycles. The standard InChI is InChI=1S/C14H28N2/c1-3-16(13-8-4-5-9-13)12-14(2)10-6-7-11-15-14/h13,15H,3-12H2,1-2H3. The van der Waals surface area contributed by atoms with Crippen LogP contribution in [0.3, 0.4) is 0 Å². The summed E-state index contributed by atoms with van der Waals surface area (Å²) in [6.45, 7) is 8.45. The molecular formula is C14H28N2. The summed E-state index contributed by atoms with van der Waals surface area (Å²) in [5.74, 6) is 0. The minimum absolute atomic E-state index is 0.386. The Hall–Kier alpha value is -0.0800.